The van der Waals surface area contributed by atoms with Crippen LogP contribution in [0.3, 0.4) is 0 Å². The molecule has 0 aliphatic carbocycles. The molecule has 0 amide bonds. The zero-order chi connectivity index (χ0) is 12.3. The van der Waals surface area contributed by atoms with Crippen LogP contribution in [0.4, 0.5) is 4.39 Å². The molecular formula is C12H9FN2OS. The van der Waals surface area contributed by atoms with Gasteiger partial charge in [0.05, 0.1) is 10.7 Å². The molecule has 17 heavy (non-hydrogen) atoms. The molecular weight excluding hydrogens is 239 g/mol. The molecule has 3 nitrogen and oxygen atoms in total. The zero-order valence-electron chi connectivity index (χ0n) is 9.11. The van der Waals surface area contributed by atoms with Gasteiger partial charge >= 0.3 is 0 Å². The average molecular weight is 248 g/mol. The van der Waals surface area contributed by atoms with Crippen LogP contribution < -0.4 is 4.74 Å². The van der Waals surface area contributed by atoms with E-state index in [2.05, 4.69) is 4.98 Å². The van der Waals surface area contributed by atoms with Crippen molar-refractivity contribution >= 4 is 11.3 Å². The first-order valence-electron chi connectivity index (χ1n) is 4.93. The summed E-state index contributed by atoms with van der Waals surface area (Å²) >= 11 is 1.52. The minimum atomic E-state index is -0.570. The fraction of sp³-hybridized carbons (Fsp3) is 0.167. The molecule has 0 saturated carbocycles. The Balaban J connectivity index is 2.14. The summed E-state index contributed by atoms with van der Waals surface area (Å²) in [5, 5.41) is 11.6. The van der Waals surface area contributed by atoms with Crippen LogP contribution in [0.25, 0.3) is 0 Å². The maximum absolute atomic E-state index is 13.3. The number of aryl methyl sites for hydroxylation is 1. The number of nitrogens with zero attached hydrogens (tertiary/aromatic N) is 2. The Morgan fingerprint density at radius 3 is 3.00 bits per heavy atom. The lowest BCUT2D eigenvalue weighted by molar-refractivity contribution is 0.299. The van der Waals surface area contributed by atoms with E-state index in [0.717, 1.165) is 10.7 Å². The van der Waals surface area contributed by atoms with Gasteiger partial charge in [-0.1, -0.05) is 6.07 Å². The summed E-state index contributed by atoms with van der Waals surface area (Å²) in [7, 11) is 0. The van der Waals surface area contributed by atoms with Crippen LogP contribution in [0, 0.1) is 24.1 Å². The first-order valence-corrected chi connectivity index (χ1v) is 5.81. The van der Waals surface area contributed by atoms with E-state index in [0.29, 0.717) is 0 Å². The van der Waals surface area contributed by atoms with Gasteiger partial charge in [0.15, 0.2) is 0 Å². The Labute approximate surface area is 102 Å². The van der Waals surface area contributed by atoms with Gasteiger partial charge in [-0.3, -0.25) is 0 Å². The van der Waals surface area contributed by atoms with Crippen molar-refractivity contribution in [3.05, 3.63) is 45.7 Å². The predicted octanol–water partition coefficient (Wildman–Crippen LogP) is 3.04. The second-order valence-corrected chi connectivity index (χ2v) is 4.43. The Bertz CT molecular complexity index is 574. The van der Waals surface area contributed by atoms with Gasteiger partial charge < -0.3 is 4.74 Å². The number of halogens is 1. The highest BCUT2D eigenvalue weighted by molar-refractivity contribution is 7.09. The third kappa shape index (κ3) is 2.60. The molecule has 0 aliphatic rings. The van der Waals surface area contributed by atoms with Crippen LogP contribution in [0.1, 0.15) is 16.3 Å². The molecule has 0 bridgehead atoms. The van der Waals surface area contributed by atoms with Gasteiger partial charge in [0.2, 0.25) is 0 Å². The summed E-state index contributed by atoms with van der Waals surface area (Å²) in [5.41, 5.74) is 0.708. The van der Waals surface area contributed by atoms with Gasteiger partial charge in [0, 0.05) is 5.38 Å². The number of ether oxygens (including phenoxy) is 1. The lowest BCUT2D eigenvalue weighted by Gasteiger charge is -2.06. The third-order valence-corrected chi connectivity index (χ3v) is 2.95. The highest BCUT2D eigenvalue weighted by atomic mass is 32.1. The zero-order valence-corrected chi connectivity index (χ0v) is 9.92. The molecule has 0 spiro atoms. The topological polar surface area (TPSA) is 45.9 Å². The Hall–Kier alpha value is -1.93. The number of thiazole rings is 1. The van der Waals surface area contributed by atoms with Gasteiger partial charge in [-0.05, 0) is 19.1 Å². The van der Waals surface area contributed by atoms with Crippen molar-refractivity contribution in [2.45, 2.75) is 13.5 Å². The molecule has 0 unspecified atom stereocenters. The van der Waals surface area contributed by atoms with Crippen LogP contribution in [-0.2, 0) is 6.61 Å². The van der Waals surface area contributed by atoms with Crippen molar-refractivity contribution < 1.29 is 9.13 Å². The van der Waals surface area contributed by atoms with Crippen LogP contribution in [0.15, 0.2) is 23.6 Å². The average Bonchev–Trinajstić information content (AvgIpc) is 2.72. The van der Waals surface area contributed by atoms with E-state index in [9.17, 15) is 4.39 Å². The van der Waals surface area contributed by atoms with E-state index >= 15 is 0 Å². The summed E-state index contributed by atoms with van der Waals surface area (Å²) in [6.07, 6.45) is 0. The number of benzene rings is 1. The minimum Gasteiger partial charge on any atom is -0.486 e. The van der Waals surface area contributed by atoms with Gasteiger partial charge in [0.1, 0.15) is 29.8 Å². The van der Waals surface area contributed by atoms with E-state index in [1.807, 2.05) is 12.3 Å². The lowest BCUT2D eigenvalue weighted by atomic mass is 10.2. The molecule has 0 fully saturated rings. The first kappa shape index (κ1) is 11.6. The number of rotatable bonds is 3. The minimum absolute atomic E-state index is 0.0700. The van der Waals surface area contributed by atoms with Crippen molar-refractivity contribution in [1.29, 1.82) is 5.26 Å². The van der Waals surface area contributed by atoms with Crippen LogP contribution >= 0.6 is 11.3 Å². The van der Waals surface area contributed by atoms with Crippen LogP contribution in [0.5, 0.6) is 5.75 Å². The molecule has 2 rings (SSSR count). The molecule has 0 radical (unpaired) electrons. The van der Waals surface area contributed by atoms with Gasteiger partial charge in [-0.2, -0.15) is 5.26 Å². The largest absolute Gasteiger partial charge is 0.486 e. The maximum atomic E-state index is 13.3. The quantitative estimate of drug-likeness (QED) is 0.838. The summed E-state index contributed by atoms with van der Waals surface area (Å²) in [5.74, 6) is -0.322. The van der Waals surface area contributed by atoms with Crippen LogP contribution in [0.2, 0.25) is 0 Å². The smallest absolute Gasteiger partial charge is 0.144 e. The molecule has 1 heterocycles. The highest BCUT2D eigenvalue weighted by Gasteiger charge is 2.09. The fourth-order valence-corrected chi connectivity index (χ4v) is 1.96. The highest BCUT2D eigenvalue weighted by Crippen LogP contribution is 2.21. The van der Waals surface area contributed by atoms with E-state index in [1.54, 1.807) is 12.1 Å². The summed E-state index contributed by atoms with van der Waals surface area (Å²) in [6.45, 7) is 2.14. The Kier molecular flexibility index (Phi) is 3.35. The number of hydrogen-bond donors (Lipinski definition) is 0. The molecule has 0 N–H and O–H groups in total. The number of nitriles is 1. The number of hydrogen-bond acceptors (Lipinski definition) is 4. The summed E-state index contributed by atoms with van der Waals surface area (Å²) in [4.78, 5) is 4.22. The van der Waals surface area contributed by atoms with Crippen LogP contribution in [-0.4, -0.2) is 4.98 Å². The van der Waals surface area contributed by atoms with E-state index in [4.69, 9.17) is 10.00 Å². The predicted molar refractivity (Wildman–Crippen MR) is 62.3 cm³/mol. The van der Waals surface area contributed by atoms with Crippen molar-refractivity contribution in [1.82, 2.24) is 4.98 Å². The van der Waals surface area contributed by atoms with E-state index < -0.39 is 5.82 Å². The molecule has 0 aliphatic heterocycles. The van der Waals surface area contributed by atoms with Crippen molar-refractivity contribution in [2.75, 3.05) is 0 Å². The molecule has 86 valence electrons. The standard InChI is InChI=1S/C12H9FN2OS/c1-8-15-9(7-17-8)6-16-12-4-2-3-11(13)10(12)5-14/h2-4,7H,6H2,1H3. The van der Waals surface area contributed by atoms with E-state index in [-0.39, 0.29) is 17.9 Å². The summed E-state index contributed by atoms with van der Waals surface area (Å²) < 4.78 is 18.7. The first-order chi connectivity index (χ1) is 8.20. The van der Waals surface area contributed by atoms with Gasteiger partial charge in [-0.15, -0.1) is 11.3 Å². The molecule has 0 atom stereocenters. The molecule has 5 heteroatoms. The molecule has 2 aromatic rings. The Morgan fingerprint density at radius 1 is 1.53 bits per heavy atom. The summed E-state index contributed by atoms with van der Waals surface area (Å²) in [6, 6.07) is 6.10. The maximum Gasteiger partial charge on any atom is 0.144 e. The van der Waals surface area contributed by atoms with Crippen molar-refractivity contribution in [2.24, 2.45) is 0 Å². The van der Waals surface area contributed by atoms with E-state index in [1.165, 1.54) is 23.5 Å². The van der Waals surface area contributed by atoms with Gasteiger partial charge in [0.25, 0.3) is 0 Å². The lowest BCUT2D eigenvalue weighted by Crippen LogP contribution is -1.99. The normalized spacial score (nSPS) is 9.94. The molecule has 0 saturated heterocycles. The fourth-order valence-electron chi connectivity index (χ4n) is 1.36. The van der Waals surface area contributed by atoms with Crippen molar-refractivity contribution in [3.8, 4) is 11.8 Å². The molecule has 1 aromatic carbocycles. The SMILES string of the molecule is Cc1nc(COc2cccc(F)c2C#N)cs1. The van der Waals surface area contributed by atoms with Crippen molar-refractivity contribution in [3.63, 3.8) is 0 Å². The monoisotopic (exact) mass is 248 g/mol. The third-order valence-electron chi connectivity index (χ3n) is 2.13. The van der Waals surface area contributed by atoms with Gasteiger partial charge in [-0.25, -0.2) is 9.37 Å². The Morgan fingerprint density at radius 2 is 2.35 bits per heavy atom. The number of aromatic nitrogens is 1. The second kappa shape index (κ2) is 4.93. The molecule has 1 aromatic heterocycles. The second-order valence-electron chi connectivity index (χ2n) is 3.37.